The highest BCUT2D eigenvalue weighted by Gasteiger charge is 2.44. The molecule has 1 aliphatic rings. The number of Topliss-reactive ketones (excluding diaryl/α,β-unsaturated/α-hetero) is 1. The van der Waals surface area contributed by atoms with Crippen LogP contribution in [-0.4, -0.2) is 50.9 Å². The summed E-state index contributed by atoms with van der Waals surface area (Å²) in [5.41, 5.74) is 1.94. The lowest BCUT2D eigenvalue weighted by Gasteiger charge is -2.27. The van der Waals surface area contributed by atoms with Crippen LogP contribution < -0.4 is 14.7 Å². The van der Waals surface area contributed by atoms with Crippen LogP contribution in [0.25, 0.3) is 5.76 Å². The van der Waals surface area contributed by atoms with Gasteiger partial charge in [-0.25, -0.2) is 0 Å². The first-order chi connectivity index (χ1) is 13.8. The molecule has 29 heavy (non-hydrogen) atoms. The zero-order chi connectivity index (χ0) is 21.1. The summed E-state index contributed by atoms with van der Waals surface area (Å²) in [6.45, 7) is 2.90. The van der Waals surface area contributed by atoms with Crippen molar-refractivity contribution in [3.63, 3.8) is 0 Å². The lowest BCUT2D eigenvalue weighted by Crippen LogP contribution is -3.06. The summed E-state index contributed by atoms with van der Waals surface area (Å²) in [7, 11) is 5.53. The van der Waals surface area contributed by atoms with Crippen LogP contribution in [0, 0.1) is 6.92 Å². The summed E-state index contributed by atoms with van der Waals surface area (Å²) in [6.07, 6.45) is 0. The van der Waals surface area contributed by atoms with Crippen LogP contribution in [-0.2, 0) is 9.59 Å². The first-order valence-electron chi connectivity index (χ1n) is 9.60. The summed E-state index contributed by atoms with van der Waals surface area (Å²) in [5.74, 6) is -1.09. The van der Waals surface area contributed by atoms with Crippen molar-refractivity contribution in [3.05, 3.63) is 70.8 Å². The molecular formula is C23H26N2O4. The van der Waals surface area contributed by atoms with E-state index in [0.717, 1.165) is 16.0 Å². The van der Waals surface area contributed by atoms with Gasteiger partial charge in [-0.05, 0) is 35.7 Å². The maximum absolute atomic E-state index is 13.3. The molecular weight excluding hydrogens is 368 g/mol. The molecule has 3 rings (SSSR count). The van der Waals surface area contributed by atoms with E-state index in [1.165, 1.54) is 4.90 Å². The smallest absolute Gasteiger partial charge is 0.295 e. The average Bonchev–Trinajstić information content (AvgIpc) is 2.97. The van der Waals surface area contributed by atoms with Crippen LogP contribution in [0.4, 0.5) is 0 Å². The van der Waals surface area contributed by atoms with Gasteiger partial charge >= 0.3 is 0 Å². The molecule has 1 N–H and O–H groups in total. The van der Waals surface area contributed by atoms with Crippen LogP contribution in [0.2, 0.25) is 0 Å². The Balaban J connectivity index is 2.13. The van der Waals surface area contributed by atoms with E-state index in [-0.39, 0.29) is 5.57 Å². The van der Waals surface area contributed by atoms with Gasteiger partial charge in [-0.1, -0.05) is 42.2 Å². The third-order valence-corrected chi connectivity index (χ3v) is 5.15. The Morgan fingerprint density at radius 2 is 1.83 bits per heavy atom. The predicted octanol–water partition coefficient (Wildman–Crippen LogP) is 0.372. The highest BCUT2D eigenvalue weighted by Crippen LogP contribution is 2.38. The summed E-state index contributed by atoms with van der Waals surface area (Å²) in [5, 5.41) is 13.3. The molecule has 2 aromatic rings. The lowest BCUT2D eigenvalue weighted by atomic mass is 9.95. The van der Waals surface area contributed by atoms with Gasteiger partial charge in [-0.2, -0.15) is 0 Å². The number of nitrogens with zero attached hydrogens (tertiary/aromatic N) is 1. The summed E-state index contributed by atoms with van der Waals surface area (Å²) < 4.78 is 5.26. The van der Waals surface area contributed by atoms with E-state index in [4.69, 9.17) is 4.74 Å². The largest absolute Gasteiger partial charge is 0.872 e. The maximum atomic E-state index is 13.3. The Kier molecular flexibility index (Phi) is 6.03. The Morgan fingerprint density at radius 1 is 1.14 bits per heavy atom. The van der Waals surface area contributed by atoms with E-state index >= 15 is 0 Å². The molecule has 6 nitrogen and oxygen atoms in total. The van der Waals surface area contributed by atoms with Gasteiger partial charge in [-0.3, -0.25) is 9.59 Å². The van der Waals surface area contributed by atoms with Gasteiger partial charge < -0.3 is 19.6 Å². The number of carbonyl (C=O) groups is 2. The molecule has 1 saturated heterocycles. The number of benzene rings is 2. The number of hydrogen-bond donors (Lipinski definition) is 1. The SMILES string of the molecule is COc1ccc(C([O-])=C2C(=O)C(=O)N(CC[NH+](C)C)C2c2ccccc2)cc1C. The third-order valence-electron chi connectivity index (χ3n) is 5.15. The van der Waals surface area contributed by atoms with Crippen LogP contribution in [0.15, 0.2) is 54.1 Å². The minimum atomic E-state index is -0.717. The molecule has 6 heteroatoms. The molecule has 0 saturated carbocycles. The molecule has 0 bridgehead atoms. The van der Waals surface area contributed by atoms with Crippen molar-refractivity contribution >= 4 is 17.4 Å². The fourth-order valence-corrected chi connectivity index (χ4v) is 3.60. The highest BCUT2D eigenvalue weighted by atomic mass is 16.5. The van der Waals surface area contributed by atoms with Crippen molar-refractivity contribution in [2.75, 3.05) is 34.3 Å². The number of hydrogen-bond acceptors (Lipinski definition) is 4. The Labute approximate surface area is 171 Å². The second-order valence-corrected chi connectivity index (χ2v) is 7.53. The molecule has 1 amide bonds. The third kappa shape index (κ3) is 4.03. The first kappa shape index (κ1) is 20.6. The van der Waals surface area contributed by atoms with Gasteiger partial charge in [0.05, 0.1) is 40.3 Å². The van der Waals surface area contributed by atoms with Crippen molar-refractivity contribution in [2.24, 2.45) is 0 Å². The van der Waals surface area contributed by atoms with Crippen molar-refractivity contribution < 1.29 is 24.3 Å². The second-order valence-electron chi connectivity index (χ2n) is 7.53. The minimum absolute atomic E-state index is 0.0134. The van der Waals surface area contributed by atoms with Crippen LogP contribution >= 0.6 is 0 Å². The van der Waals surface area contributed by atoms with Crippen LogP contribution in [0.3, 0.4) is 0 Å². The molecule has 1 aliphatic heterocycles. The fourth-order valence-electron chi connectivity index (χ4n) is 3.60. The number of ketones is 1. The molecule has 1 heterocycles. The monoisotopic (exact) mass is 394 g/mol. The number of amides is 1. The number of likely N-dealkylation sites (tertiary alicyclic amines) is 1. The Hall–Kier alpha value is -3.12. The number of ether oxygens (including phenoxy) is 1. The maximum Gasteiger partial charge on any atom is 0.295 e. The molecule has 0 spiro atoms. The second kappa shape index (κ2) is 8.49. The minimum Gasteiger partial charge on any atom is -0.872 e. The van der Waals surface area contributed by atoms with Gasteiger partial charge in [0.2, 0.25) is 5.78 Å². The summed E-state index contributed by atoms with van der Waals surface area (Å²) in [6, 6.07) is 13.6. The summed E-state index contributed by atoms with van der Waals surface area (Å²) >= 11 is 0. The average molecular weight is 394 g/mol. The van der Waals surface area contributed by atoms with E-state index < -0.39 is 23.5 Å². The predicted molar refractivity (Wildman–Crippen MR) is 108 cm³/mol. The van der Waals surface area contributed by atoms with Crippen LogP contribution in [0.5, 0.6) is 5.75 Å². The zero-order valence-electron chi connectivity index (χ0n) is 17.2. The van der Waals surface area contributed by atoms with Gasteiger partial charge in [-0.15, -0.1) is 0 Å². The number of methoxy groups -OCH3 is 1. The lowest BCUT2D eigenvalue weighted by molar-refractivity contribution is -0.857. The van der Waals surface area contributed by atoms with Gasteiger partial charge in [0.25, 0.3) is 5.91 Å². The normalized spacial score (nSPS) is 18.5. The fraction of sp³-hybridized carbons (Fsp3) is 0.304. The molecule has 1 unspecified atom stereocenters. The quantitative estimate of drug-likeness (QED) is 0.437. The van der Waals surface area contributed by atoms with E-state index in [0.29, 0.717) is 24.4 Å². The number of carbonyl (C=O) groups excluding carboxylic acids is 2. The van der Waals surface area contributed by atoms with E-state index in [1.54, 1.807) is 25.3 Å². The molecule has 152 valence electrons. The number of nitrogens with one attached hydrogen (secondary N) is 1. The Morgan fingerprint density at radius 3 is 2.41 bits per heavy atom. The van der Waals surface area contributed by atoms with E-state index in [9.17, 15) is 14.7 Å². The number of aryl methyl sites for hydroxylation is 1. The standard InChI is InChI=1S/C23H26N2O4/c1-15-14-17(10-11-18(15)29-4)21(26)19-20(16-8-6-5-7-9-16)25(13-12-24(2)3)23(28)22(19)27/h5-11,14,20,26H,12-13H2,1-4H3. The molecule has 0 aromatic heterocycles. The van der Waals surface area contributed by atoms with Crippen molar-refractivity contribution in [2.45, 2.75) is 13.0 Å². The molecule has 0 aliphatic carbocycles. The number of rotatable bonds is 6. The van der Waals surface area contributed by atoms with Crippen molar-refractivity contribution in [3.8, 4) is 5.75 Å². The first-order valence-corrected chi connectivity index (χ1v) is 9.60. The van der Waals surface area contributed by atoms with Crippen molar-refractivity contribution in [1.29, 1.82) is 0 Å². The number of likely N-dealkylation sites (N-methyl/N-ethyl adjacent to an activating group) is 1. The molecule has 1 atom stereocenters. The highest BCUT2D eigenvalue weighted by molar-refractivity contribution is 6.46. The van der Waals surface area contributed by atoms with Gasteiger partial charge in [0, 0.05) is 5.57 Å². The Bertz CT molecular complexity index is 951. The van der Waals surface area contributed by atoms with E-state index in [2.05, 4.69) is 0 Å². The van der Waals surface area contributed by atoms with E-state index in [1.807, 2.05) is 51.4 Å². The van der Waals surface area contributed by atoms with Gasteiger partial charge in [0.15, 0.2) is 0 Å². The van der Waals surface area contributed by atoms with Crippen molar-refractivity contribution in [1.82, 2.24) is 4.90 Å². The van der Waals surface area contributed by atoms with Gasteiger partial charge in [0.1, 0.15) is 5.75 Å². The zero-order valence-corrected chi connectivity index (χ0v) is 17.2. The van der Waals surface area contributed by atoms with Crippen LogP contribution in [0.1, 0.15) is 22.7 Å². The number of quaternary nitrogens is 1. The molecule has 0 radical (unpaired) electrons. The molecule has 2 aromatic carbocycles. The summed E-state index contributed by atoms with van der Waals surface area (Å²) in [4.78, 5) is 28.4. The topological polar surface area (TPSA) is 74.1 Å². The molecule has 1 fully saturated rings.